The molecular weight excluding hydrogens is 358 g/mol. The van der Waals surface area contributed by atoms with E-state index >= 15 is 0 Å². The fraction of sp³-hybridized carbons (Fsp3) is 0.857. The molecule has 1 aromatic rings. The van der Waals surface area contributed by atoms with Gasteiger partial charge in [0.1, 0.15) is 6.04 Å². The van der Waals surface area contributed by atoms with Crippen LogP contribution in [-0.2, 0) is 20.7 Å². The van der Waals surface area contributed by atoms with Gasteiger partial charge in [-0.3, -0.25) is 4.79 Å². The Bertz CT molecular complexity index is 623. The van der Waals surface area contributed by atoms with Gasteiger partial charge in [-0.2, -0.15) is 4.98 Å². The molecule has 1 saturated carbocycles. The summed E-state index contributed by atoms with van der Waals surface area (Å²) in [6, 6.07) is -0.0432. The average molecular weight is 392 g/mol. The predicted octanol–water partition coefficient (Wildman–Crippen LogP) is 3.30. The van der Waals surface area contributed by atoms with Crippen molar-refractivity contribution < 1.29 is 18.8 Å². The van der Waals surface area contributed by atoms with Crippen LogP contribution in [0.1, 0.15) is 75.5 Å². The van der Waals surface area contributed by atoms with E-state index in [1.807, 2.05) is 4.90 Å². The normalized spacial score (nSPS) is 24.3. The molecule has 1 aliphatic carbocycles. The van der Waals surface area contributed by atoms with Gasteiger partial charge in [-0.25, -0.2) is 0 Å². The highest BCUT2D eigenvalue weighted by Gasteiger charge is 2.35. The lowest BCUT2D eigenvalue weighted by Crippen LogP contribution is -2.31. The molecule has 0 aromatic carbocycles. The molecule has 0 bridgehead atoms. The molecule has 4 rings (SSSR count). The molecule has 1 atom stereocenters. The monoisotopic (exact) mass is 391 g/mol. The van der Waals surface area contributed by atoms with E-state index in [2.05, 4.69) is 10.1 Å². The molecule has 1 aromatic heterocycles. The second-order valence-electron chi connectivity index (χ2n) is 8.53. The molecule has 156 valence electrons. The Hall–Kier alpha value is -1.47. The van der Waals surface area contributed by atoms with Crippen molar-refractivity contribution in [2.45, 2.75) is 70.3 Å². The number of hydrogen-bond acceptors (Lipinski definition) is 6. The molecule has 3 aliphatic rings. The highest BCUT2D eigenvalue weighted by Crippen LogP contribution is 2.34. The largest absolute Gasteiger partial charge is 0.381 e. The van der Waals surface area contributed by atoms with E-state index < -0.39 is 0 Å². The molecule has 3 fully saturated rings. The Morgan fingerprint density at radius 2 is 1.89 bits per heavy atom. The van der Waals surface area contributed by atoms with Crippen LogP contribution in [0.5, 0.6) is 0 Å². The molecule has 7 nitrogen and oxygen atoms in total. The van der Waals surface area contributed by atoms with Crippen LogP contribution < -0.4 is 0 Å². The summed E-state index contributed by atoms with van der Waals surface area (Å²) < 4.78 is 16.7. The fourth-order valence-corrected chi connectivity index (χ4v) is 4.73. The highest BCUT2D eigenvalue weighted by atomic mass is 16.5. The third kappa shape index (κ3) is 5.11. The van der Waals surface area contributed by atoms with Crippen LogP contribution in [0.25, 0.3) is 0 Å². The summed E-state index contributed by atoms with van der Waals surface area (Å²) in [5, 5.41) is 4.12. The van der Waals surface area contributed by atoms with Gasteiger partial charge >= 0.3 is 0 Å². The number of hydrogen-bond donors (Lipinski definition) is 0. The van der Waals surface area contributed by atoms with Crippen molar-refractivity contribution in [3.63, 3.8) is 0 Å². The van der Waals surface area contributed by atoms with Crippen molar-refractivity contribution in [2.24, 2.45) is 11.8 Å². The Kier molecular flexibility index (Phi) is 6.96. The van der Waals surface area contributed by atoms with Gasteiger partial charge < -0.3 is 18.9 Å². The first-order valence-corrected chi connectivity index (χ1v) is 11.1. The molecule has 1 unspecified atom stereocenters. The zero-order chi connectivity index (χ0) is 19.2. The van der Waals surface area contributed by atoms with Crippen LogP contribution in [0.15, 0.2) is 4.52 Å². The molecule has 1 amide bonds. The summed E-state index contributed by atoms with van der Waals surface area (Å²) in [6.45, 7) is 3.88. The van der Waals surface area contributed by atoms with E-state index in [4.69, 9.17) is 14.0 Å². The number of carbonyl (C=O) groups is 1. The number of carbonyl (C=O) groups excluding carboxylic acids is 1. The second-order valence-corrected chi connectivity index (χ2v) is 8.53. The molecule has 0 N–H and O–H groups in total. The van der Waals surface area contributed by atoms with Gasteiger partial charge in [0.05, 0.1) is 6.61 Å². The van der Waals surface area contributed by atoms with Crippen molar-refractivity contribution >= 4 is 5.91 Å². The van der Waals surface area contributed by atoms with Crippen LogP contribution in [0.4, 0.5) is 0 Å². The van der Waals surface area contributed by atoms with Crippen LogP contribution >= 0.6 is 0 Å². The Morgan fingerprint density at radius 3 is 2.71 bits per heavy atom. The zero-order valence-corrected chi connectivity index (χ0v) is 16.8. The molecule has 0 radical (unpaired) electrons. The molecule has 0 spiro atoms. The quantitative estimate of drug-likeness (QED) is 0.633. The summed E-state index contributed by atoms with van der Waals surface area (Å²) in [7, 11) is 0. The van der Waals surface area contributed by atoms with Gasteiger partial charge in [0.2, 0.25) is 11.8 Å². The summed E-state index contributed by atoms with van der Waals surface area (Å²) in [4.78, 5) is 19.3. The molecule has 28 heavy (non-hydrogen) atoms. The van der Waals surface area contributed by atoms with Crippen molar-refractivity contribution in [1.82, 2.24) is 15.0 Å². The Balaban J connectivity index is 1.23. The van der Waals surface area contributed by atoms with E-state index in [-0.39, 0.29) is 11.9 Å². The lowest BCUT2D eigenvalue weighted by atomic mass is 10.0. The first-order chi connectivity index (χ1) is 13.8. The fourth-order valence-electron chi connectivity index (χ4n) is 4.73. The summed E-state index contributed by atoms with van der Waals surface area (Å²) >= 11 is 0. The Labute approximate surface area is 167 Å². The SMILES string of the molecule is O=C(CC1CCCC1)N1CCCC1c1nc(CCOCC2CCOCC2)no1. The topological polar surface area (TPSA) is 77.7 Å². The van der Waals surface area contributed by atoms with Crippen molar-refractivity contribution in [3.05, 3.63) is 11.7 Å². The summed E-state index contributed by atoms with van der Waals surface area (Å²) in [5.74, 6) is 2.70. The van der Waals surface area contributed by atoms with Crippen LogP contribution in [-0.4, -0.2) is 53.9 Å². The predicted molar refractivity (Wildman–Crippen MR) is 103 cm³/mol. The lowest BCUT2D eigenvalue weighted by molar-refractivity contribution is -0.133. The highest BCUT2D eigenvalue weighted by molar-refractivity contribution is 5.77. The maximum Gasteiger partial charge on any atom is 0.249 e. The maximum absolute atomic E-state index is 12.8. The van der Waals surface area contributed by atoms with E-state index in [9.17, 15) is 4.79 Å². The number of aromatic nitrogens is 2. The Morgan fingerprint density at radius 1 is 1.07 bits per heavy atom. The van der Waals surface area contributed by atoms with Gasteiger partial charge in [0, 0.05) is 39.2 Å². The number of ether oxygens (including phenoxy) is 2. The number of amides is 1. The standard InChI is InChI=1S/C21H33N3O4/c25-20(14-16-4-1-2-5-16)24-10-3-6-18(24)21-22-19(23-28-21)9-13-27-15-17-7-11-26-12-8-17/h16-18H,1-15H2. The third-order valence-corrected chi connectivity index (χ3v) is 6.44. The van der Waals surface area contributed by atoms with Gasteiger partial charge in [-0.1, -0.05) is 18.0 Å². The minimum absolute atomic E-state index is 0.0432. The second kappa shape index (κ2) is 9.83. The summed E-state index contributed by atoms with van der Waals surface area (Å²) in [5.41, 5.74) is 0. The van der Waals surface area contributed by atoms with Crippen LogP contribution in [0.2, 0.25) is 0 Å². The zero-order valence-electron chi connectivity index (χ0n) is 16.8. The van der Waals surface area contributed by atoms with E-state index in [1.54, 1.807) is 0 Å². The maximum atomic E-state index is 12.8. The number of nitrogens with zero attached hydrogens (tertiary/aromatic N) is 3. The van der Waals surface area contributed by atoms with Crippen molar-refractivity contribution in [1.29, 1.82) is 0 Å². The molecular formula is C21H33N3O4. The first kappa shape index (κ1) is 19.8. The summed E-state index contributed by atoms with van der Waals surface area (Å²) in [6.07, 6.45) is 10.3. The van der Waals surface area contributed by atoms with Gasteiger partial charge in [-0.15, -0.1) is 0 Å². The number of likely N-dealkylation sites (tertiary alicyclic amines) is 1. The molecule has 2 aliphatic heterocycles. The van der Waals surface area contributed by atoms with Gasteiger partial charge in [-0.05, 0) is 50.4 Å². The van der Waals surface area contributed by atoms with Crippen LogP contribution in [0.3, 0.4) is 0 Å². The third-order valence-electron chi connectivity index (χ3n) is 6.44. The van der Waals surface area contributed by atoms with Gasteiger partial charge in [0.15, 0.2) is 5.82 Å². The minimum Gasteiger partial charge on any atom is -0.381 e. The van der Waals surface area contributed by atoms with Gasteiger partial charge in [0.25, 0.3) is 0 Å². The van der Waals surface area contributed by atoms with E-state index in [0.717, 1.165) is 52.0 Å². The van der Waals surface area contributed by atoms with E-state index in [1.165, 1.54) is 25.7 Å². The minimum atomic E-state index is -0.0432. The average Bonchev–Trinajstić information content (AvgIpc) is 3.46. The van der Waals surface area contributed by atoms with Crippen molar-refractivity contribution in [2.75, 3.05) is 33.0 Å². The molecule has 3 heterocycles. The van der Waals surface area contributed by atoms with E-state index in [0.29, 0.717) is 43.0 Å². The lowest BCUT2D eigenvalue weighted by Gasteiger charge is -2.23. The smallest absolute Gasteiger partial charge is 0.249 e. The molecule has 7 heteroatoms. The molecule has 2 saturated heterocycles. The van der Waals surface area contributed by atoms with Crippen LogP contribution in [0, 0.1) is 11.8 Å². The first-order valence-electron chi connectivity index (χ1n) is 11.1. The van der Waals surface area contributed by atoms with Crippen molar-refractivity contribution in [3.8, 4) is 0 Å². The number of rotatable bonds is 8.